The van der Waals surface area contributed by atoms with Crippen LogP contribution in [0, 0.1) is 0 Å². The number of benzene rings is 10. The predicted molar refractivity (Wildman–Crippen MR) is 393 cm³/mol. The molecule has 3 aliphatic rings. The number of carbonyl (C=O) groups is 1. The fourth-order valence-corrected chi connectivity index (χ4v) is 13.2. The van der Waals surface area contributed by atoms with Gasteiger partial charge in [0.05, 0.1) is 91.9 Å². The molecule has 0 radical (unpaired) electrons. The van der Waals surface area contributed by atoms with Gasteiger partial charge in [0.15, 0.2) is 12.6 Å². The minimum Gasteiger partial charge on any atom is -0.445 e. The Morgan fingerprint density at radius 3 is 0.885 bits per heavy atom. The van der Waals surface area contributed by atoms with Crippen molar-refractivity contribution in [3.63, 3.8) is 0 Å². The molecule has 10 aromatic rings. The Morgan fingerprint density at radius 2 is 0.538 bits per heavy atom. The molecule has 3 aliphatic heterocycles. The van der Waals surface area contributed by atoms with E-state index in [0.717, 1.165) is 55.6 Å². The van der Waals surface area contributed by atoms with E-state index >= 15 is 0 Å². The van der Waals surface area contributed by atoms with Gasteiger partial charge in [-0.05, 0) is 55.6 Å². The maximum atomic E-state index is 15.0. The third kappa shape index (κ3) is 21.3. The Hall–Kier alpha value is -9.05. The summed E-state index contributed by atoms with van der Waals surface area (Å²) in [5.74, 6) is 0. The molecule has 13 rings (SSSR count). The van der Waals surface area contributed by atoms with E-state index in [0.29, 0.717) is 6.61 Å². The summed E-state index contributed by atoms with van der Waals surface area (Å²) in [6.07, 6.45) is -12.5. The van der Waals surface area contributed by atoms with Crippen LogP contribution in [-0.4, -0.2) is 117 Å². The van der Waals surface area contributed by atoms with Crippen LogP contribution in [0.4, 0.5) is 4.79 Å². The molecule has 3 saturated heterocycles. The van der Waals surface area contributed by atoms with E-state index in [1.165, 1.54) is 0 Å². The Morgan fingerprint density at radius 1 is 0.279 bits per heavy atom. The lowest BCUT2D eigenvalue weighted by molar-refractivity contribution is -0.382. The summed E-state index contributed by atoms with van der Waals surface area (Å²) in [5, 5.41) is 0. The number of nitrogens with zero attached hydrogens (tertiary/aromatic N) is 1. The van der Waals surface area contributed by atoms with Crippen LogP contribution in [0.15, 0.2) is 303 Å². The van der Waals surface area contributed by atoms with Gasteiger partial charge in [-0.15, -0.1) is 0 Å². The molecular formula is C88H91NO15. The number of hydrogen-bond donors (Lipinski definition) is 0. The van der Waals surface area contributed by atoms with Gasteiger partial charge in [-0.2, -0.15) is 0 Å². The lowest BCUT2D eigenvalue weighted by atomic mass is 9.95. The zero-order valence-corrected chi connectivity index (χ0v) is 58.3. The molecular weight excluding hydrogens is 1310 g/mol. The van der Waals surface area contributed by atoms with Crippen molar-refractivity contribution in [2.24, 2.45) is 0 Å². The molecule has 538 valence electrons. The Kier molecular flexibility index (Phi) is 27.6. The van der Waals surface area contributed by atoms with Crippen molar-refractivity contribution in [1.82, 2.24) is 4.90 Å². The highest BCUT2D eigenvalue weighted by Gasteiger charge is 2.57. The van der Waals surface area contributed by atoms with Crippen LogP contribution in [0.3, 0.4) is 0 Å². The maximum absolute atomic E-state index is 15.0. The minimum atomic E-state index is -1.27. The van der Waals surface area contributed by atoms with Gasteiger partial charge in [0.25, 0.3) is 0 Å². The molecule has 0 N–H and O–H groups in total. The van der Waals surface area contributed by atoms with Crippen LogP contribution >= 0.6 is 0 Å². The summed E-state index contributed by atoms with van der Waals surface area (Å²) < 4.78 is 101. The Labute approximate surface area is 610 Å². The van der Waals surface area contributed by atoms with E-state index in [4.69, 9.17) is 66.3 Å². The number of ether oxygens (including phenoxy) is 14. The smallest absolute Gasteiger partial charge is 0.410 e. The molecule has 0 bridgehead atoms. The second-order valence-corrected chi connectivity index (χ2v) is 26.2. The van der Waals surface area contributed by atoms with E-state index in [1.54, 1.807) is 4.90 Å². The van der Waals surface area contributed by atoms with Crippen molar-refractivity contribution < 1.29 is 71.1 Å². The van der Waals surface area contributed by atoms with Gasteiger partial charge in [0, 0.05) is 0 Å². The molecule has 0 aromatic heterocycles. The monoisotopic (exact) mass is 1400 g/mol. The van der Waals surface area contributed by atoms with E-state index in [2.05, 4.69) is 0 Å². The first kappa shape index (κ1) is 73.3. The number of rotatable bonds is 36. The molecule has 0 spiro atoms. The summed E-state index contributed by atoms with van der Waals surface area (Å²) in [7, 11) is 0. The van der Waals surface area contributed by atoms with Gasteiger partial charge >= 0.3 is 6.09 Å². The average Bonchev–Trinajstić information content (AvgIpc) is 1.00. The van der Waals surface area contributed by atoms with Gasteiger partial charge < -0.3 is 66.3 Å². The highest BCUT2D eigenvalue weighted by atomic mass is 16.8. The van der Waals surface area contributed by atoms with Crippen LogP contribution < -0.4 is 0 Å². The first-order chi connectivity index (χ1) is 51.5. The van der Waals surface area contributed by atoms with E-state index in [-0.39, 0.29) is 85.8 Å². The van der Waals surface area contributed by atoms with E-state index in [9.17, 15) is 4.79 Å². The Balaban J connectivity index is 0.921. The van der Waals surface area contributed by atoms with Crippen molar-refractivity contribution in [3.8, 4) is 0 Å². The second kappa shape index (κ2) is 39.2. The number of carbonyl (C=O) groups excluding carboxylic acids is 1. The molecule has 16 heteroatoms. The number of amides is 1. The number of hydrogen-bond acceptors (Lipinski definition) is 15. The normalized spacial score (nSPS) is 23.2. The third-order valence-corrected chi connectivity index (χ3v) is 18.6. The van der Waals surface area contributed by atoms with Crippen LogP contribution in [0.2, 0.25) is 0 Å². The summed E-state index contributed by atoms with van der Waals surface area (Å²) in [6, 6.07) is 98.7. The SMILES string of the molecule is O=C(OCc1ccccc1)N1C[C@H](OCc2ccccc2)[C@H](O[C@H]2O[C@H](COCc3ccccc3)[C@@H](O[C@@H]3O[C@H](COCc4ccccc4)[C@@H](OCc4ccccc4)[C@H](OCc4ccccc4)[C@H]3OCc3ccccc3)[C@H](OCc3ccccc3)[C@H]2OCc2ccccc2)[C@@H]1COCc1ccccc1. The summed E-state index contributed by atoms with van der Waals surface area (Å²) >= 11 is 0. The topological polar surface area (TPSA) is 150 Å². The first-order valence-electron chi connectivity index (χ1n) is 35.9. The largest absolute Gasteiger partial charge is 0.445 e. The Bertz CT molecular complexity index is 4020. The van der Waals surface area contributed by atoms with E-state index < -0.39 is 85.8 Å². The van der Waals surface area contributed by atoms with Gasteiger partial charge in [0.2, 0.25) is 0 Å². The van der Waals surface area contributed by atoms with Crippen LogP contribution in [-0.2, 0) is 132 Å². The summed E-state index contributed by atoms with van der Waals surface area (Å²) in [4.78, 5) is 16.6. The maximum Gasteiger partial charge on any atom is 0.410 e. The molecule has 0 aliphatic carbocycles. The van der Waals surface area contributed by atoms with Gasteiger partial charge in [-0.25, -0.2) is 4.79 Å². The minimum absolute atomic E-state index is 0.0277. The van der Waals surface area contributed by atoms with Crippen LogP contribution in [0.25, 0.3) is 0 Å². The summed E-state index contributed by atoms with van der Waals surface area (Å²) in [6.45, 7) is 1.93. The van der Waals surface area contributed by atoms with Crippen molar-refractivity contribution in [3.05, 3.63) is 359 Å². The van der Waals surface area contributed by atoms with Crippen LogP contribution in [0.5, 0.6) is 0 Å². The number of likely N-dealkylation sites (tertiary alicyclic amines) is 1. The molecule has 0 unspecified atom stereocenters. The third-order valence-electron chi connectivity index (χ3n) is 18.6. The van der Waals surface area contributed by atoms with E-state index in [1.807, 2.05) is 303 Å². The molecule has 13 atom stereocenters. The lowest BCUT2D eigenvalue weighted by Gasteiger charge is -2.50. The van der Waals surface area contributed by atoms with Gasteiger partial charge in [-0.3, -0.25) is 4.90 Å². The molecule has 104 heavy (non-hydrogen) atoms. The fourth-order valence-electron chi connectivity index (χ4n) is 13.2. The molecule has 3 heterocycles. The van der Waals surface area contributed by atoms with Gasteiger partial charge in [-0.1, -0.05) is 303 Å². The van der Waals surface area contributed by atoms with Crippen molar-refractivity contribution in [2.75, 3.05) is 26.4 Å². The second-order valence-electron chi connectivity index (χ2n) is 26.2. The van der Waals surface area contributed by atoms with Crippen LogP contribution in [0.1, 0.15) is 55.6 Å². The predicted octanol–water partition coefficient (Wildman–Crippen LogP) is 15.4. The van der Waals surface area contributed by atoms with Crippen molar-refractivity contribution in [2.45, 2.75) is 146 Å². The van der Waals surface area contributed by atoms with Crippen molar-refractivity contribution >= 4 is 6.09 Å². The first-order valence-corrected chi connectivity index (χ1v) is 35.9. The zero-order chi connectivity index (χ0) is 70.6. The fraction of sp³-hybridized carbons (Fsp3) is 0.307. The highest BCUT2D eigenvalue weighted by Crippen LogP contribution is 2.39. The molecule has 10 aromatic carbocycles. The molecule has 1 amide bonds. The lowest BCUT2D eigenvalue weighted by Crippen LogP contribution is -2.67. The molecule has 16 nitrogen and oxygen atoms in total. The summed E-state index contributed by atoms with van der Waals surface area (Å²) in [5.41, 5.74) is 9.24. The zero-order valence-electron chi connectivity index (χ0n) is 58.3. The molecule has 0 saturated carbocycles. The quantitative estimate of drug-likeness (QED) is 0.0366. The van der Waals surface area contributed by atoms with Crippen molar-refractivity contribution in [1.29, 1.82) is 0 Å². The average molecular weight is 1400 g/mol. The standard InChI is InChI=1S/C88H91NO15/c90-88(100-61-74-49-29-10-30-50-74)89-51-76(94-55-68-37-17-4-18-38-68)79(75(89)62-91-52-65-31-11-1-12-32-65)103-86-85(99-60-73-47-27-9-28-48-73)83(97-58-71-43-23-7-24-44-71)81(78(102-86)64-93-54-67-35-15-3-16-36-67)104-87-84(98-59-72-45-25-8-26-46-72)82(96-57-70-41-21-6-22-42-70)80(95-56-69-39-19-5-20-40-69)77(101-87)63-92-53-66-33-13-2-14-34-66/h1-50,75-87H,51-64H2/t75-,76-,77+,78+,79+,80+,81+,82-,83-,84+,85+,86+,87-/m0/s1. The van der Waals surface area contributed by atoms with Gasteiger partial charge in [0.1, 0.15) is 67.6 Å². The molecule has 3 fully saturated rings. The highest BCUT2D eigenvalue weighted by molar-refractivity contribution is 5.69.